The monoisotopic (exact) mass is 445 g/mol. The lowest BCUT2D eigenvalue weighted by molar-refractivity contribution is 0.190. The van der Waals surface area contributed by atoms with Crippen LogP contribution in [0.4, 0.5) is 5.69 Å². The summed E-state index contributed by atoms with van der Waals surface area (Å²) in [5.41, 5.74) is 1.87. The van der Waals surface area contributed by atoms with Crippen molar-refractivity contribution >= 4 is 33.4 Å². The molecule has 1 heterocycles. The zero-order chi connectivity index (χ0) is 23.1. The third kappa shape index (κ3) is 3.03. The highest BCUT2D eigenvalue weighted by atomic mass is 16.5. The van der Waals surface area contributed by atoms with Crippen LogP contribution in [-0.2, 0) is 5.60 Å². The van der Waals surface area contributed by atoms with E-state index >= 15 is 0 Å². The molecule has 0 bridgehead atoms. The zero-order valence-electron chi connectivity index (χ0n) is 19.0. The van der Waals surface area contributed by atoms with E-state index in [1.807, 2.05) is 66.9 Å². The molecule has 0 amide bonds. The molecule has 0 aromatic heterocycles. The van der Waals surface area contributed by atoms with E-state index in [2.05, 4.69) is 36.4 Å². The molecule has 0 atom stereocenters. The van der Waals surface area contributed by atoms with Gasteiger partial charge in [0.15, 0.2) is 11.4 Å². The average Bonchev–Trinajstić information content (AvgIpc) is 2.93. The first-order chi connectivity index (χ1) is 16.7. The van der Waals surface area contributed by atoms with Crippen LogP contribution in [0.1, 0.15) is 11.1 Å². The van der Waals surface area contributed by atoms with Gasteiger partial charge >= 0.3 is 0 Å². The molecular weight excluding hydrogens is 422 g/mol. The molecule has 0 aliphatic carbocycles. The molecule has 1 aliphatic rings. The van der Waals surface area contributed by atoms with E-state index in [9.17, 15) is 0 Å². The Balaban J connectivity index is 1.63. The number of rotatable bonds is 4. The predicted molar refractivity (Wildman–Crippen MR) is 137 cm³/mol. The summed E-state index contributed by atoms with van der Waals surface area (Å²) in [4.78, 5) is 5.05. The maximum atomic E-state index is 7.03. The van der Waals surface area contributed by atoms with Crippen LogP contribution in [0.15, 0.2) is 102 Å². The lowest BCUT2D eigenvalue weighted by atomic mass is 9.85. The van der Waals surface area contributed by atoms with E-state index in [1.165, 1.54) is 5.39 Å². The van der Waals surface area contributed by atoms with Crippen LogP contribution in [0.25, 0.3) is 21.5 Å². The van der Waals surface area contributed by atoms with Gasteiger partial charge in [-0.3, -0.25) is 4.99 Å². The molecular formula is C30H23NO3. The highest BCUT2D eigenvalue weighted by Gasteiger charge is 2.39. The summed E-state index contributed by atoms with van der Waals surface area (Å²) in [6.07, 6.45) is 1.92. The van der Waals surface area contributed by atoms with Gasteiger partial charge in [0.05, 0.1) is 20.4 Å². The van der Waals surface area contributed by atoms with Crippen LogP contribution in [0.3, 0.4) is 0 Å². The molecule has 4 nitrogen and oxygen atoms in total. The van der Waals surface area contributed by atoms with Crippen LogP contribution in [0.5, 0.6) is 17.2 Å². The van der Waals surface area contributed by atoms with E-state index in [1.54, 1.807) is 14.2 Å². The number of methoxy groups -OCH3 is 2. The third-order valence-electron chi connectivity index (χ3n) is 6.54. The van der Waals surface area contributed by atoms with Crippen LogP contribution in [0, 0.1) is 0 Å². The number of hydrogen-bond donors (Lipinski definition) is 0. The molecule has 4 heteroatoms. The summed E-state index contributed by atoms with van der Waals surface area (Å²) in [5.74, 6) is 2.36. The summed E-state index contributed by atoms with van der Waals surface area (Å²) < 4.78 is 17.8. The Morgan fingerprint density at radius 1 is 0.588 bits per heavy atom. The smallest absolute Gasteiger partial charge is 0.194 e. The first-order valence-electron chi connectivity index (χ1n) is 11.2. The number of nitrogens with zero attached hydrogens (tertiary/aromatic N) is 1. The maximum Gasteiger partial charge on any atom is 0.194 e. The van der Waals surface area contributed by atoms with E-state index in [-0.39, 0.29) is 0 Å². The molecule has 5 aromatic carbocycles. The second-order valence-electron chi connectivity index (χ2n) is 8.32. The standard InChI is InChI=1S/C30H23NO3/c1-32-22-15-11-20(12-16-22)30(21-13-17-23(33-2)18-14-21)19-31-28-26-9-5-3-7-24(26)25-8-4-6-10-27(25)29(28)34-30/h3-19H,1-2H3. The molecule has 0 spiro atoms. The fourth-order valence-corrected chi connectivity index (χ4v) is 4.78. The van der Waals surface area contributed by atoms with Gasteiger partial charge < -0.3 is 14.2 Å². The Morgan fingerprint density at radius 2 is 1.06 bits per heavy atom. The van der Waals surface area contributed by atoms with Crippen molar-refractivity contribution < 1.29 is 14.2 Å². The van der Waals surface area contributed by atoms with Crippen LogP contribution < -0.4 is 14.2 Å². The zero-order valence-corrected chi connectivity index (χ0v) is 19.0. The van der Waals surface area contributed by atoms with Crippen molar-refractivity contribution in [3.05, 3.63) is 108 Å². The van der Waals surface area contributed by atoms with Crippen molar-refractivity contribution in [2.24, 2.45) is 4.99 Å². The minimum atomic E-state index is -0.906. The second-order valence-corrected chi connectivity index (χ2v) is 8.32. The molecule has 5 aromatic rings. The Bertz CT molecular complexity index is 1490. The van der Waals surface area contributed by atoms with Crippen LogP contribution in [0.2, 0.25) is 0 Å². The van der Waals surface area contributed by atoms with E-state index in [0.29, 0.717) is 0 Å². The first kappa shape index (κ1) is 20.3. The lowest BCUT2D eigenvalue weighted by Crippen LogP contribution is -2.38. The van der Waals surface area contributed by atoms with Gasteiger partial charge in [0.1, 0.15) is 17.2 Å². The van der Waals surface area contributed by atoms with Crippen molar-refractivity contribution in [2.45, 2.75) is 5.60 Å². The molecule has 0 saturated heterocycles. The number of hydrogen-bond acceptors (Lipinski definition) is 4. The SMILES string of the molecule is COc1ccc(C2(c3ccc(OC)cc3)C=Nc3c(c4ccccc4c4ccccc34)O2)cc1. The van der Waals surface area contributed by atoms with Crippen LogP contribution >= 0.6 is 0 Å². The van der Waals surface area contributed by atoms with Crippen molar-refractivity contribution in [3.63, 3.8) is 0 Å². The minimum absolute atomic E-state index is 0.781. The molecule has 0 unspecified atom stereocenters. The summed E-state index contributed by atoms with van der Waals surface area (Å²) >= 11 is 0. The molecule has 1 aliphatic heterocycles. The van der Waals surface area contributed by atoms with Gasteiger partial charge in [0.25, 0.3) is 0 Å². The number of aliphatic imine (C=N–C) groups is 1. The second kappa shape index (κ2) is 7.92. The molecule has 34 heavy (non-hydrogen) atoms. The number of benzene rings is 5. The third-order valence-corrected chi connectivity index (χ3v) is 6.54. The van der Waals surface area contributed by atoms with E-state index < -0.39 is 5.60 Å². The van der Waals surface area contributed by atoms with Crippen molar-refractivity contribution in [3.8, 4) is 17.2 Å². The van der Waals surface area contributed by atoms with Gasteiger partial charge in [-0.1, -0.05) is 72.8 Å². The highest BCUT2D eigenvalue weighted by Crippen LogP contribution is 2.50. The van der Waals surface area contributed by atoms with Crippen molar-refractivity contribution in [1.82, 2.24) is 0 Å². The minimum Gasteiger partial charge on any atom is -0.497 e. The molecule has 6 rings (SSSR count). The molecule has 0 fully saturated rings. The number of fused-ring (bicyclic) bond motifs is 6. The van der Waals surface area contributed by atoms with Gasteiger partial charge in [0.2, 0.25) is 0 Å². The van der Waals surface area contributed by atoms with Crippen molar-refractivity contribution in [2.75, 3.05) is 14.2 Å². The fourth-order valence-electron chi connectivity index (χ4n) is 4.78. The Morgan fingerprint density at radius 3 is 1.59 bits per heavy atom. The first-order valence-corrected chi connectivity index (χ1v) is 11.2. The largest absolute Gasteiger partial charge is 0.497 e. The molecule has 0 saturated carbocycles. The van der Waals surface area contributed by atoms with Crippen LogP contribution in [-0.4, -0.2) is 20.4 Å². The van der Waals surface area contributed by atoms with Gasteiger partial charge in [0, 0.05) is 21.9 Å². The molecule has 166 valence electrons. The van der Waals surface area contributed by atoms with E-state index in [0.717, 1.165) is 50.2 Å². The van der Waals surface area contributed by atoms with Gasteiger partial charge in [-0.15, -0.1) is 0 Å². The maximum absolute atomic E-state index is 7.03. The lowest BCUT2D eigenvalue weighted by Gasteiger charge is -2.36. The van der Waals surface area contributed by atoms with Gasteiger partial charge in [-0.2, -0.15) is 0 Å². The molecule has 0 radical (unpaired) electrons. The normalized spacial score (nSPS) is 13.9. The van der Waals surface area contributed by atoms with Crippen molar-refractivity contribution in [1.29, 1.82) is 0 Å². The average molecular weight is 446 g/mol. The quantitative estimate of drug-likeness (QED) is 0.278. The summed E-state index contributed by atoms with van der Waals surface area (Å²) in [6, 6.07) is 32.6. The summed E-state index contributed by atoms with van der Waals surface area (Å²) in [5, 5.41) is 4.43. The fraction of sp³-hybridized carbons (Fsp3) is 0.100. The summed E-state index contributed by atoms with van der Waals surface area (Å²) in [7, 11) is 3.33. The Hall–Kier alpha value is -4.31. The van der Waals surface area contributed by atoms with E-state index in [4.69, 9.17) is 19.2 Å². The predicted octanol–water partition coefficient (Wildman–Crippen LogP) is 7.05. The van der Waals surface area contributed by atoms with Gasteiger partial charge in [-0.25, -0.2) is 0 Å². The Kier molecular flexibility index (Phi) is 4.73. The number of ether oxygens (including phenoxy) is 3. The Labute approximate surface area is 198 Å². The highest BCUT2D eigenvalue weighted by molar-refractivity contribution is 6.17. The van der Waals surface area contributed by atoms with Gasteiger partial charge in [-0.05, 0) is 35.0 Å². The molecule has 0 N–H and O–H groups in total. The summed E-state index contributed by atoms with van der Waals surface area (Å²) in [6.45, 7) is 0. The topological polar surface area (TPSA) is 40.0 Å².